The Balaban J connectivity index is 1.50. The molecule has 0 atom stereocenters. The fourth-order valence-electron chi connectivity index (χ4n) is 4.19. The number of nitro groups is 1. The van der Waals surface area contributed by atoms with Crippen molar-refractivity contribution in [2.24, 2.45) is 0 Å². The van der Waals surface area contributed by atoms with Gasteiger partial charge in [0.2, 0.25) is 0 Å². The van der Waals surface area contributed by atoms with Crippen LogP contribution in [-0.4, -0.2) is 65.8 Å². The molecule has 0 aromatic heterocycles. The highest BCUT2D eigenvalue weighted by molar-refractivity contribution is 6.35. The van der Waals surface area contributed by atoms with Gasteiger partial charge in [0, 0.05) is 67.0 Å². The predicted octanol–water partition coefficient (Wildman–Crippen LogP) is 4.10. The van der Waals surface area contributed by atoms with Crippen LogP contribution in [0.25, 0.3) is 0 Å². The molecule has 0 spiro atoms. The highest BCUT2D eigenvalue weighted by Crippen LogP contribution is 2.30. The number of hydrogen-bond acceptors (Lipinski definition) is 5. The molecule has 2 aliphatic heterocycles. The summed E-state index contributed by atoms with van der Waals surface area (Å²) < 4.78 is 0. The van der Waals surface area contributed by atoms with E-state index in [1.54, 1.807) is 34.1 Å². The van der Waals surface area contributed by atoms with Crippen molar-refractivity contribution in [3.8, 4) is 0 Å². The molecule has 2 aromatic carbocycles. The van der Waals surface area contributed by atoms with Crippen LogP contribution < -0.4 is 4.90 Å². The summed E-state index contributed by atoms with van der Waals surface area (Å²) in [7, 11) is 0. The van der Waals surface area contributed by atoms with Gasteiger partial charge in [-0.25, -0.2) is 0 Å². The minimum atomic E-state index is -0.489. The van der Waals surface area contributed by atoms with E-state index in [1.165, 1.54) is 12.1 Å². The smallest absolute Gasteiger partial charge is 0.270 e. The molecular weight excluding hydrogens is 455 g/mol. The van der Waals surface area contributed by atoms with E-state index in [-0.39, 0.29) is 17.5 Å². The van der Waals surface area contributed by atoms with Crippen molar-refractivity contribution in [1.82, 2.24) is 9.80 Å². The third kappa shape index (κ3) is 4.66. The lowest BCUT2D eigenvalue weighted by molar-refractivity contribution is -0.384. The van der Waals surface area contributed by atoms with Crippen molar-refractivity contribution in [2.45, 2.75) is 12.8 Å². The first-order chi connectivity index (χ1) is 15.3. The second-order valence-electron chi connectivity index (χ2n) is 7.90. The van der Waals surface area contributed by atoms with Crippen LogP contribution >= 0.6 is 23.2 Å². The normalized spacial score (nSPS) is 16.4. The van der Waals surface area contributed by atoms with Crippen molar-refractivity contribution >= 4 is 46.4 Å². The fraction of sp³-hybridized carbons (Fsp3) is 0.364. The molecule has 2 saturated heterocycles. The standard InChI is InChI=1S/C22H22Cl2N4O4/c23-16-11-15(12-17(24)13-16)21(29)26-7-9-27(10-8-26)22(30)19-14-18(28(31)32)3-4-20(19)25-5-1-2-6-25/h3-4,11-14H,1-2,5-10H2. The largest absolute Gasteiger partial charge is 0.371 e. The van der Waals surface area contributed by atoms with Crippen LogP contribution in [0.3, 0.4) is 0 Å². The Morgan fingerprint density at radius 1 is 0.812 bits per heavy atom. The van der Waals surface area contributed by atoms with E-state index >= 15 is 0 Å². The number of nitrogens with zero attached hydrogens (tertiary/aromatic N) is 4. The second kappa shape index (κ2) is 9.34. The number of halogens is 2. The molecular formula is C22H22Cl2N4O4. The highest BCUT2D eigenvalue weighted by atomic mass is 35.5. The van der Waals surface area contributed by atoms with Crippen molar-refractivity contribution in [2.75, 3.05) is 44.2 Å². The van der Waals surface area contributed by atoms with Crippen molar-refractivity contribution in [1.29, 1.82) is 0 Å². The first kappa shape index (κ1) is 22.4. The molecule has 32 heavy (non-hydrogen) atoms. The summed E-state index contributed by atoms with van der Waals surface area (Å²) in [5.74, 6) is -0.455. The molecule has 0 aliphatic carbocycles. The third-order valence-electron chi connectivity index (χ3n) is 5.83. The Kier molecular flexibility index (Phi) is 6.53. The number of anilines is 1. The molecule has 0 N–H and O–H groups in total. The third-order valence-corrected chi connectivity index (χ3v) is 6.27. The van der Waals surface area contributed by atoms with Gasteiger partial charge in [0.25, 0.3) is 17.5 Å². The maximum absolute atomic E-state index is 13.3. The summed E-state index contributed by atoms with van der Waals surface area (Å²) in [5.41, 5.74) is 1.35. The van der Waals surface area contributed by atoms with Crippen LogP contribution in [-0.2, 0) is 0 Å². The van der Waals surface area contributed by atoms with E-state index in [0.717, 1.165) is 31.6 Å². The Hall–Kier alpha value is -2.84. The van der Waals surface area contributed by atoms with E-state index in [4.69, 9.17) is 23.2 Å². The van der Waals surface area contributed by atoms with Gasteiger partial charge >= 0.3 is 0 Å². The van der Waals surface area contributed by atoms with Gasteiger partial charge in [0.1, 0.15) is 0 Å². The molecule has 2 amide bonds. The van der Waals surface area contributed by atoms with Gasteiger partial charge in [0.15, 0.2) is 0 Å². The zero-order valence-electron chi connectivity index (χ0n) is 17.3. The van der Waals surface area contributed by atoms with Crippen LogP contribution in [0.15, 0.2) is 36.4 Å². The zero-order valence-corrected chi connectivity index (χ0v) is 18.8. The maximum Gasteiger partial charge on any atom is 0.270 e. The molecule has 168 valence electrons. The number of non-ortho nitro benzene ring substituents is 1. The van der Waals surface area contributed by atoms with Crippen molar-refractivity contribution in [3.05, 3.63) is 67.7 Å². The average Bonchev–Trinajstić information content (AvgIpc) is 3.32. The fourth-order valence-corrected chi connectivity index (χ4v) is 4.71. The molecule has 8 nitrogen and oxygen atoms in total. The Morgan fingerprint density at radius 2 is 1.38 bits per heavy atom. The zero-order chi connectivity index (χ0) is 22.8. The van der Waals surface area contributed by atoms with Crippen LogP contribution in [0.4, 0.5) is 11.4 Å². The molecule has 4 rings (SSSR count). The highest BCUT2D eigenvalue weighted by Gasteiger charge is 2.29. The quantitative estimate of drug-likeness (QED) is 0.489. The number of benzene rings is 2. The first-order valence-corrected chi connectivity index (χ1v) is 11.2. The van der Waals surface area contributed by atoms with Gasteiger partial charge in [-0.05, 0) is 37.1 Å². The molecule has 10 heteroatoms. The SMILES string of the molecule is O=C(c1cc(Cl)cc(Cl)c1)N1CCN(C(=O)c2cc([N+](=O)[O-])ccc2N2CCCC2)CC1. The average molecular weight is 477 g/mol. The molecule has 2 heterocycles. The van der Waals surface area contributed by atoms with Gasteiger partial charge in [0.05, 0.1) is 16.2 Å². The molecule has 2 fully saturated rings. The Morgan fingerprint density at radius 3 is 1.94 bits per heavy atom. The van der Waals surface area contributed by atoms with Crippen LogP contribution in [0.2, 0.25) is 10.0 Å². The van der Waals surface area contributed by atoms with E-state index in [9.17, 15) is 19.7 Å². The Labute approximate surface area is 195 Å². The minimum Gasteiger partial charge on any atom is -0.371 e. The number of rotatable bonds is 4. The topological polar surface area (TPSA) is 87.0 Å². The van der Waals surface area contributed by atoms with E-state index in [0.29, 0.717) is 47.4 Å². The molecule has 0 bridgehead atoms. The molecule has 2 aromatic rings. The minimum absolute atomic E-state index is 0.108. The van der Waals surface area contributed by atoms with E-state index < -0.39 is 4.92 Å². The first-order valence-electron chi connectivity index (χ1n) is 10.4. The van der Waals surface area contributed by atoms with Gasteiger partial charge in [-0.3, -0.25) is 19.7 Å². The number of nitro benzene ring substituents is 1. The number of amides is 2. The van der Waals surface area contributed by atoms with E-state index in [1.807, 2.05) is 0 Å². The summed E-state index contributed by atoms with van der Waals surface area (Å²) in [6.07, 6.45) is 2.05. The van der Waals surface area contributed by atoms with Crippen LogP contribution in [0.1, 0.15) is 33.6 Å². The number of piperazine rings is 1. The van der Waals surface area contributed by atoms with Gasteiger partial charge in [-0.15, -0.1) is 0 Å². The number of carbonyl (C=O) groups is 2. The van der Waals surface area contributed by atoms with E-state index in [2.05, 4.69) is 4.90 Å². The maximum atomic E-state index is 13.3. The summed E-state index contributed by atoms with van der Waals surface area (Å²) in [5, 5.41) is 12.1. The summed E-state index contributed by atoms with van der Waals surface area (Å²) in [6.45, 7) is 3.01. The van der Waals surface area contributed by atoms with Crippen LogP contribution in [0.5, 0.6) is 0 Å². The predicted molar refractivity (Wildman–Crippen MR) is 123 cm³/mol. The van der Waals surface area contributed by atoms with Crippen molar-refractivity contribution in [3.63, 3.8) is 0 Å². The molecule has 0 saturated carbocycles. The lowest BCUT2D eigenvalue weighted by atomic mass is 10.1. The van der Waals surface area contributed by atoms with Crippen LogP contribution in [0, 0.1) is 10.1 Å². The lowest BCUT2D eigenvalue weighted by Gasteiger charge is -2.35. The second-order valence-corrected chi connectivity index (χ2v) is 8.77. The molecule has 2 aliphatic rings. The number of hydrogen-bond donors (Lipinski definition) is 0. The van der Waals surface area contributed by atoms with Gasteiger partial charge < -0.3 is 14.7 Å². The summed E-state index contributed by atoms with van der Waals surface area (Å²) in [6, 6.07) is 9.17. The van der Waals surface area contributed by atoms with Gasteiger partial charge in [-0.1, -0.05) is 23.2 Å². The molecule has 0 unspecified atom stereocenters. The molecule has 0 radical (unpaired) electrons. The summed E-state index contributed by atoms with van der Waals surface area (Å²) >= 11 is 12.0. The summed E-state index contributed by atoms with van der Waals surface area (Å²) in [4.78, 5) is 42.3. The number of carbonyl (C=O) groups excluding carboxylic acids is 2. The van der Waals surface area contributed by atoms with Gasteiger partial charge in [-0.2, -0.15) is 0 Å². The monoisotopic (exact) mass is 476 g/mol. The Bertz CT molecular complexity index is 1040. The lowest BCUT2D eigenvalue weighted by Crippen LogP contribution is -2.50. The van der Waals surface area contributed by atoms with Crippen molar-refractivity contribution < 1.29 is 14.5 Å².